The number of amides is 1. The molecule has 0 atom stereocenters. The number of Topliss-reactive ketones (excluding diaryl/α,β-unsaturated/α-hetero) is 1. The average Bonchev–Trinajstić information content (AvgIpc) is 3.05. The quantitative estimate of drug-likeness (QED) is 0.237. The molecule has 0 aliphatic carbocycles. The molecule has 1 aliphatic rings. The number of hydrogen-bond acceptors (Lipinski definition) is 6. The number of aliphatic imine (C=N–C) groups is 1. The Labute approximate surface area is 194 Å². The number of ether oxygens (including phenoxy) is 1. The molecule has 11 heteroatoms. The van der Waals surface area contributed by atoms with Gasteiger partial charge in [-0.05, 0) is 43.3 Å². The molecule has 0 saturated heterocycles. The summed E-state index contributed by atoms with van der Waals surface area (Å²) in [6, 6.07) is 9.20. The summed E-state index contributed by atoms with van der Waals surface area (Å²) < 4.78 is 44.2. The van der Waals surface area contributed by atoms with Crippen LogP contribution in [0.3, 0.4) is 0 Å². The van der Waals surface area contributed by atoms with Gasteiger partial charge in [0, 0.05) is 13.6 Å². The van der Waals surface area contributed by atoms with E-state index in [1.54, 1.807) is 18.5 Å². The smallest absolute Gasteiger partial charge is 0.416 e. The molecule has 0 fully saturated rings. The zero-order valence-electron chi connectivity index (χ0n) is 18.8. The fraction of sp³-hybridized carbons (Fsp3) is 0.304. The van der Waals surface area contributed by atoms with Gasteiger partial charge in [0.25, 0.3) is 11.7 Å². The number of rotatable bonds is 9. The monoisotopic (exact) mass is 476 g/mol. The van der Waals surface area contributed by atoms with Crippen LogP contribution in [0.4, 0.5) is 24.5 Å². The second-order valence-corrected chi connectivity index (χ2v) is 7.39. The Bertz CT molecular complexity index is 1130. The summed E-state index contributed by atoms with van der Waals surface area (Å²) in [6.07, 6.45) is -2.89. The van der Waals surface area contributed by atoms with Crippen molar-refractivity contribution in [1.29, 1.82) is 0 Å². The standard InChI is InChI=1S/C23H23F3N4O4/c1-4-29(2)14-27-16-8-9-20-19(11-16)21(31)22(32)30(20)12-17(28-33-3)13-34-18-7-5-6-15(10-18)23(24,25)26/h5-11,14H,4,12-13H2,1-3H3. The minimum Gasteiger partial charge on any atom is -0.487 e. The van der Waals surface area contributed by atoms with Gasteiger partial charge in [0.05, 0.1) is 35.4 Å². The Kier molecular flexibility index (Phi) is 7.54. The summed E-state index contributed by atoms with van der Waals surface area (Å²) in [5, 5.41) is 3.82. The van der Waals surface area contributed by atoms with Crippen molar-refractivity contribution in [3.63, 3.8) is 0 Å². The van der Waals surface area contributed by atoms with E-state index in [-0.39, 0.29) is 30.2 Å². The third kappa shape index (κ3) is 5.72. The molecule has 0 radical (unpaired) electrons. The van der Waals surface area contributed by atoms with E-state index < -0.39 is 23.4 Å². The molecule has 0 aromatic heterocycles. The van der Waals surface area contributed by atoms with Gasteiger partial charge >= 0.3 is 6.18 Å². The number of carbonyl (C=O) groups excluding carboxylic acids is 2. The van der Waals surface area contributed by atoms with Gasteiger partial charge in [0.2, 0.25) is 0 Å². The van der Waals surface area contributed by atoms with Crippen molar-refractivity contribution in [3.05, 3.63) is 53.6 Å². The van der Waals surface area contributed by atoms with Gasteiger partial charge in [0.15, 0.2) is 0 Å². The van der Waals surface area contributed by atoms with Crippen molar-refractivity contribution >= 4 is 35.1 Å². The van der Waals surface area contributed by atoms with Crippen LogP contribution in [0, 0.1) is 0 Å². The van der Waals surface area contributed by atoms with Gasteiger partial charge in [-0.15, -0.1) is 0 Å². The topological polar surface area (TPSA) is 83.8 Å². The molecule has 3 rings (SSSR count). The summed E-state index contributed by atoms with van der Waals surface area (Å²) in [5.41, 5.74) is 0.435. The Hall–Kier alpha value is -3.89. The number of ketones is 1. The fourth-order valence-electron chi connectivity index (χ4n) is 3.11. The lowest BCUT2D eigenvalue weighted by atomic mass is 10.1. The van der Waals surface area contributed by atoms with E-state index in [9.17, 15) is 22.8 Å². The first-order valence-corrected chi connectivity index (χ1v) is 10.3. The maximum absolute atomic E-state index is 12.9. The lowest BCUT2D eigenvalue weighted by Gasteiger charge is -2.18. The zero-order valence-corrected chi connectivity index (χ0v) is 18.8. The lowest BCUT2D eigenvalue weighted by molar-refractivity contribution is -0.137. The van der Waals surface area contributed by atoms with Crippen molar-refractivity contribution in [2.75, 3.05) is 38.8 Å². The minimum atomic E-state index is -4.51. The number of fused-ring (bicyclic) bond motifs is 1. The van der Waals surface area contributed by atoms with Crippen molar-refractivity contribution in [2.24, 2.45) is 10.1 Å². The molecule has 2 aromatic carbocycles. The number of carbonyl (C=O) groups is 2. The first-order chi connectivity index (χ1) is 16.1. The van der Waals surface area contributed by atoms with Crippen LogP contribution in [-0.2, 0) is 15.8 Å². The maximum Gasteiger partial charge on any atom is 0.416 e. The van der Waals surface area contributed by atoms with E-state index in [0.717, 1.165) is 18.7 Å². The summed E-state index contributed by atoms with van der Waals surface area (Å²) in [7, 11) is 3.14. The van der Waals surface area contributed by atoms with Gasteiger partial charge in [-0.2, -0.15) is 13.2 Å². The van der Waals surface area contributed by atoms with Crippen molar-refractivity contribution < 1.29 is 32.3 Å². The van der Waals surface area contributed by atoms with E-state index >= 15 is 0 Å². The Morgan fingerprint density at radius 3 is 2.62 bits per heavy atom. The van der Waals surface area contributed by atoms with Crippen LogP contribution in [0.15, 0.2) is 52.6 Å². The molecule has 180 valence electrons. The number of oxime groups is 1. The SMILES string of the molecule is CCN(C)C=Nc1ccc2c(c1)C(=O)C(=O)N2CC(COc1cccc(C(F)(F)F)c1)=NOC. The highest BCUT2D eigenvalue weighted by molar-refractivity contribution is 6.52. The number of halogens is 3. The first-order valence-electron chi connectivity index (χ1n) is 10.3. The molecule has 0 unspecified atom stereocenters. The van der Waals surface area contributed by atoms with Crippen molar-refractivity contribution in [2.45, 2.75) is 13.1 Å². The van der Waals surface area contributed by atoms with Gasteiger partial charge in [-0.1, -0.05) is 11.2 Å². The number of nitrogens with zero attached hydrogens (tertiary/aromatic N) is 4. The Morgan fingerprint density at radius 2 is 1.94 bits per heavy atom. The second kappa shape index (κ2) is 10.4. The number of alkyl halides is 3. The van der Waals surface area contributed by atoms with E-state index in [1.165, 1.54) is 30.2 Å². The van der Waals surface area contributed by atoms with Crippen LogP contribution in [0.2, 0.25) is 0 Å². The molecule has 1 aliphatic heterocycles. The van der Waals surface area contributed by atoms with E-state index in [2.05, 4.69) is 10.1 Å². The van der Waals surface area contributed by atoms with Gasteiger partial charge < -0.3 is 14.5 Å². The highest BCUT2D eigenvalue weighted by Gasteiger charge is 2.37. The minimum absolute atomic E-state index is 0.0256. The molecule has 0 bridgehead atoms. The lowest BCUT2D eigenvalue weighted by Crippen LogP contribution is -2.36. The molecular weight excluding hydrogens is 453 g/mol. The molecule has 1 amide bonds. The number of anilines is 1. The second-order valence-electron chi connectivity index (χ2n) is 7.39. The molecule has 1 heterocycles. The average molecular weight is 476 g/mol. The van der Waals surface area contributed by atoms with Crippen LogP contribution in [0.1, 0.15) is 22.8 Å². The molecule has 8 nitrogen and oxygen atoms in total. The predicted molar refractivity (Wildman–Crippen MR) is 121 cm³/mol. The van der Waals surface area contributed by atoms with Crippen LogP contribution in [-0.4, -0.2) is 62.5 Å². The van der Waals surface area contributed by atoms with Crippen LogP contribution in [0.25, 0.3) is 0 Å². The molecule has 34 heavy (non-hydrogen) atoms. The number of hydrogen-bond donors (Lipinski definition) is 0. The van der Waals surface area contributed by atoms with Crippen molar-refractivity contribution in [3.8, 4) is 5.75 Å². The van der Waals surface area contributed by atoms with Crippen molar-refractivity contribution in [1.82, 2.24) is 4.90 Å². The van der Waals surface area contributed by atoms with Gasteiger partial charge in [-0.3, -0.25) is 14.5 Å². The Morgan fingerprint density at radius 1 is 1.18 bits per heavy atom. The molecule has 0 N–H and O–H groups in total. The maximum atomic E-state index is 12.9. The molecule has 0 saturated carbocycles. The summed E-state index contributed by atoms with van der Waals surface area (Å²) >= 11 is 0. The first kappa shape index (κ1) is 24.7. The van der Waals surface area contributed by atoms with Gasteiger partial charge in [0.1, 0.15) is 25.2 Å². The third-order valence-corrected chi connectivity index (χ3v) is 4.99. The highest BCUT2D eigenvalue weighted by atomic mass is 19.4. The zero-order chi connectivity index (χ0) is 24.9. The van der Waals surface area contributed by atoms with E-state index in [1.807, 2.05) is 18.9 Å². The largest absolute Gasteiger partial charge is 0.487 e. The summed E-state index contributed by atoms with van der Waals surface area (Å²) in [4.78, 5) is 37.3. The highest BCUT2D eigenvalue weighted by Crippen LogP contribution is 2.33. The summed E-state index contributed by atoms with van der Waals surface area (Å²) in [6.45, 7) is 2.31. The molecule has 2 aromatic rings. The van der Waals surface area contributed by atoms with E-state index in [4.69, 9.17) is 9.57 Å². The predicted octanol–water partition coefficient (Wildman–Crippen LogP) is 3.93. The third-order valence-electron chi connectivity index (χ3n) is 4.99. The number of benzene rings is 2. The van der Waals surface area contributed by atoms with Crippen LogP contribution < -0.4 is 9.64 Å². The fourth-order valence-corrected chi connectivity index (χ4v) is 3.11. The summed E-state index contributed by atoms with van der Waals surface area (Å²) in [5.74, 6) is -1.47. The van der Waals surface area contributed by atoms with Crippen LogP contribution >= 0.6 is 0 Å². The molecule has 0 spiro atoms. The normalized spacial score (nSPS) is 14.1. The van der Waals surface area contributed by atoms with E-state index in [0.29, 0.717) is 11.4 Å². The molecular formula is C23H23F3N4O4. The van der Waals surface area contributed by atoms with Gasteiger partial charge in [-0.25, -0.2) is 4.99 Å². The Balaban J connectivity index is 1.77. The van der Waals surface area contributed by atoms with Crippen LogP contribution in [0.5, 0.6) is 5.75 Å².